The van der Waals surface area contributed by atoms with E-state index in [4.69, 9.17) is 18.9 Å². The molecule has 8 heteroatoms. The zero-order valence-electron chi connectivity index (χ0n) is 16.9. The normalized spacial score (nSPS) is 9.62. The maximum Gasteiger partial charge on any atom is 0.335 e. The summed E-state index contributed by atoms with van der Waals surface area (Å²) < 4.78 is 20.5. The lowest BCUT2D eigenvalue weighted by Gasteiger charge is -2.13. The van der Waals surface area contributed by atoms with Crippen LogP contribution in [0.15, 0.2) is 87.0 Å². The van der Waals surface area contributed by atoms with Gasteiger partial charge in [0, 0.05) is 24.3 Å². The summed E-state index contributed by atoms with van der Waals surface area (Å²) in [5.41, 5.74) is 0.987. The molecular weight excluding hydrogens is 416 g/mol. The lowest BCUT2D eigenvalue weighted by Crippen LogP contribution is -2.09. The van der Waals surface area contributed by atoms with Crippen molar-refractivity contribution in [3.8, 4) is 34.1 Å². The second-order valence-corrected chi connectivity index (χ2v) is 5.82. The minimum absolute atomic E-state index is 0.0244. The number of rotatable bonds is 9. The molecular formula is C24H18O8. The lowest BCUT2D eigenvalue weighted by molar-refractivity contribution is -0.131. The van der Waals surface area contributed by atoms with Gasteiger partial charge in [0.25, 0.3) is 0 Å². The topological polar surface area (TPSA) is 105 Å². The van der Waals surface area contributed by atoms with Crippen molar-refractivity contribution in [2.24, 2.45) is 0 Å². The Bertz CT molecular complexity index is 1040. The van der Waals surface area contributed by atoms with Crippen molar-refractivity contribution in [1.29, 1.82) is 0 Å². The molecule has 0 saturated heterocycles. The minimum Gasteiger partial charge on any atom is -0.419 e. The summed E-state index contributed by atoms with van der Waals surface area (Å²) in [5, 5.41) is 0. The van der Waals surface area contributed by atoms with Crippen LogP contribution in [-0.2, 0) is 19.2 Å². The Morgan fingerprint density at radius 1 is 0.500 bits per heavy atom. The van der Waals surface area contributed by atoms with Crippen molar-refractivity contribution in [2.45, 2.75) is 0 Å². The van der Waals surface area contributed by atoms with Gasteiger partial charge in [0.15, 0.2) is 23.0 Å². The molecule has 0 saturated carbocycles. The number of carbonyl (C=O) groups is 4. The van der Waals surface area contributed by atoms with Gasteiger partial charge >= 0.3 is 23.9 Å². The highest BCUT2D eigenvalue weighted by Crippen LogP contribution is 2.37. The number of carbonyl (C=O) groups excluding carboxylic acids is 4. The molecule has 2 rings (SSSR count). The maximum atomic E-state index is 11.7. The average Bonchev–Trinajstić information content (AvgIpc) is 2.80. The summed E-state index contributed by atoms with van der Waals surface area (Å²) in [4.78, 5) is 46.5. The quantitative estimate of drug-likeness (QED) is 0.334. The molecule has 0 amide bonds. The molecule has 8 nitrogen and oxygen atoms in total. The Morgan fingerprint density at radius 2 is 0.781 bits per heavy atom. The van der Waals surface area contributed by atoms with E-state index in [9.17, 15) is 19.2 Å². The third kappa shape index (κ3) is 6.14. The van der Waals surface area contributed by atoms with Crippen LogP contribution in [0.1, 0.15) is 0 Å². The first-order valence-corrected chi connectivity index (χ1v) is 8.96. The predicted molar refractivity (Wildman–Crippen MR) is 115 cm³/mol. The number of benzene rings is 2. The Labute approximate surface area is 183 Å². The summed E-state index contributed by atoms with van der Waals surface area (Å²) in [5.74, 6) is -3.21. The van der Waals surface area contributed by atoms with E-state index in [0.717, 1.165) is 24.3 Å². The minimum atomic E-state index is -0.773. The van der Waals surface area contributed by atoms with Crippen molar-refractivity contribution in [1.82, 2.24) is 0 Å². The van der Waals surface area contributed by atoms with E-state index in [1.165, 1.54) is 24.3 Å². The Kier molecular flexibility index (Phi) is 8.01. The molecule has 0 spiro atoms. The van der Waals surface area contributed by atoms with Crippen LogP contribution in [0.25, 0.3) is 11.1 Å². The summed E-state index contributed by atoms with van der Waals surface area (Å²) in [6.45, 7) is 13.3. The van der Waals surface area contributed by atoms with Gasteiger partial charge in [-0.2, -0.15) is 0 Å². The highest BCUT2D eigenvalue weighted by atomic mass is 16.6. The highest BCUT2D eigenvalue weighted by Gasteiger charge is 2.16. The SMILES string of the molecule is C=CC(=O)Oc1ccc(-c2ccc(OC(=O)C=C)c(OC(=O)C=C)c2)cc1OC(=O)C=C. The first-order valence-electron chi connectivity index (χ1n) is 8.96. The lowest BCUT2D eigenvalue weighted by atomic mass is 10.0. The Balaban J connectivity index is 2.54. The third-order valence-corrected chi connectivity index (χ3v) is 3.73. The summed E-state index contributed by atoms with van der Waals surface area (Å²) in [6, 6.07) is 8.81. The Morgan fingerprint density at radius 3 is 1.06 bits per heavy atom. The first-order chi connectivity index (χ1) is 15.3. The molecule has 0 fully saturated rings. The van der Waals surface area contributed by atoms with Crippen molar-refractivity contribution < 1.29 is 38.1 Å². The van der Waals surface area contributed by atoms with Crippen molar-refractivity contribution in [2.75, 3.05) is 0 Å². The van der Waals surface area contributed by atoms with Gasteiger partial charge in [-0.15, -0.1) is 0 Å². The molecule has 2 aromatic rings. The standard InChI is InChI=1S/C24H18O8/c1-5-21(25)29-17-11-9-15(13-19(17)31-23(27)7-3)16-10-12-18(30-22(26)6-2)20(14-16)32-24(28)8-4/h5-14H,1-4H2. The second kappa shape index (κ2) is 10.9. The van der Waals surface area contributed by atoms with Crippen molar-refractivity contribution >= 4 is 23.9 Å². The second-order valence-electron chi connectivity index (χ2n) is 5.82. The highest BCUT2D eigenvalue weighted by molar-refractivity contribution is 5.88. The zero-order chi connectivity index (χ0) is 23.7. The first kappa shape index (κ1) is 23.6. The molecule has 0 bridgehead atoms. The molecule has 2 aromatic carbocycles. The molecule has 0 aliphatic heterocycles. The molecule has 0 atom stereocenters. The van der Waals surface area contributed by atoms with Crippen molar-refractivity contribution in [3.05, 3.63) is 87.0 Å². The van der Waals surface area contributed by atoms with E-state index in [1.807, 2.05) is 0 Å². The molecule has 0 aliphatic rings. The van der Waals surface area contributed by atoms with Gasteiger partial charge in [0.1, 0.15) is 0 Å². The molecule has 32 heavy (non-hydrogen) atoms. The maximum absolute atomic E-state index is 11.7. The molecule has 0 radical (unpaired) electrons. The van der Waals surface area contributed by atoms with Gasteiger partial charge in [-0.25, -0.2) is 19.2 Å². The van der Waals surface area contributed by atoms with Gasteiger partial charge in [0.2, 0.25) is 0 Å². The van der Waals surface area contributed by atoms with E-state index < -0.39 is 23.9 Å². The fraction of sp³-hybridized carbons (Fsp3) is 0. The van der Waals surface area contributed by atoms with Crippen LogP contribution in [0.2, 0.25) is 0 Å². The van der Waals surface area contributed by atoms with E-state index in [2.05, 4.69) is 26.3 Å². The smallest absolute Gasteiger partial charge is 0.335 e. The van der Waals surface area contributed by atoms with Crippen LogP contribution in [0.3, 0.4) is 0 Å². The number of ether oxygens (including phenoxy) is 4. The zero-order valence-corrected chi connectivity index (χ0v) is 16.9. The van der Waals surface area contributed by atoms with Crippen LogP contribution in [0.5, 0.6) is 23.0 Å². The summed E-state index contributed by atoms with van der Waals surface area (Å²) in [6.07, 6.45) is 3.80. The van der Waals surface area contributed by atoms with E-state index >= 15 is 0 Å². The largest absolute Gasteiger partial charge is 0.419 e. The monoisotopic (exact) mass is 434 g/mol. The van der Waals surface area contributed by atoms with Crippen LogP contribution in [0, 0.1) is 0 Å². The predicted octanol–water partition coefficient (Wildman–Crippen LogP) is 3.72. The van der Waals surface area contributed by atoms with E-state index in [0.29, 0.717) is 11.1 Å². The van der Waals surface area contributed by atoms with Crippen LogP contribution < -0.4 is 18.9 Å². The third-order valence-electron chi connectivity index (χ3n) is 3.73. The average molecular weight is 434 g/mol. The van der Waals surface area contributed by atoms with Gasteiger partial charge in [-0.1, -0.05) is 38.4 Å². The fourth-order valence-corrected chi connectivity index (χ4v) is 2.30. The number of esters is 4. The van der Waals surface area contributed by atoms with Crippen LogP contribution in [0.4, 0.5) is 0 Å². The van der Waals surface area contributed by atoms with Gasteiger partial charge in [0.05, 0.1) is 0 Å². The van der Waals surface area contributed by atoms with Crippen LogP contribution in [-0.4, -0.2) is 23.9 Å². The fourth-order valence-electron chi connectivity index (χ4n) is 2.30. The van der Waals surface area contributed by atoms with Crippen LogP contribution >= 0.6 is 0 Å². The van der Waals surface area contributed by atoms with Crippen molar-refractivity contribution in [3.63, 3.8) is 0 Å². The molecule has 162 valence electrons. The number of hydrogen-bond acceptors (Lipinski definition) is 8. The molecule has 0 N–H and O–H groups in total. The van der Waals surface area contributed by atoms with E-state index in [-0.39, 0.29) is 23.0 Å². The summed E-state index contributed by atoms with van der Waals surface area (Å²) >= 11 is 0. The molecule has 0 heterocycles. The molecule has 0 aliphatic carbocycles. The van der Waals surface area contributed by atoms with E-state index in [1.54, 1.807) is 12.1 Å². The Hall–Kier alpha value is -4.72. The molecule has 0 aromatic heterocycles. The summed E-state index contributed by atoms with van der Waals surface area (Å²) in [7, 11) is 0. The number of hydrogen-bond donors (Lipinski definition) is 0. The van der Waals surface area contributed by atoms with Gasteiger partial charge in [-0.3, -0.25) is 0 Å². The van der Waals surface area contributed by atoms with Gasteiger partial charge in [-0.05, 0) is 35.4 Å². The van der Waals surface area contributed by atoms with Gasteiger partial charge < -0.3 is 18.9 Å². The molecule has 0 unspecified atom stereocenters.